The maximum atomic E-state index is 9.02. The van der Waals surface area contributed by atoms with Crippen LogP contribution in [0.3, 0.4) is 0 Å². The topological polar surface area (TPSA) is 35.8 Å². The first-order valence-electron chi connectivity index (χ1n) is 4.63. The van der Waals surface area contributed by atoms with Gasteiger partial charge < -0.3 is 5.32 Å². The van der Waals surface area contributed by atoms with Gasteiger partial charge in [0.15, 0.2) is 0 Å². The number of anilines is 1. The molecule has 0 heterocycles. The van der Waals surface area contributed by atoms with Crippen LogP contribution in [-0.2, 0) is 0 Å². The molecule has 0 saturated carbocycles. The van der Waals surface area contributed by atoms with Crippen molar-refractivity contribution in [2.75, 3.05) is 17.3 Å². The summed E-state index contributed by atoms with van der Waals surface area (Å²) in [4.78, 5) is 0. The number of nitrogens with zero attached hydrogens (tertiary/aromatic N) is 1. The second-order valence-corrected chi connectivity index (χ2v) is 5.04. The molecule has 80 valence electrons. The fraction of sp³-hybridized carbons (Fsp3) is 0.364. The van der Waals surface area contributed by atoms with Crippen LogP contribution >= 0.6 is 27.7 Å². The van der Waals surface area contributed by atoms with Gasteiger partial charge in [0.25, 0.3) is 0 Å². The average Bonchev–Trinajstić information content (AvgIpc) is 2.18. The Labute approximate surface area is 103 Å². The van der Waals surface area contributed by atoms with Gasteiger partial charge in [0.1, 0.15) is 6.07 Å². The number of hydrogen-bond donors (Lipinski definition) is 1. The predicted octanol–water partition coefficient (Wildman–Crippen LogP) is 3.48. The molecule has 0 aliphatic rings. The van der Waals surface area contributed by atoms with Gasteiger partial charge in [0.2, 0.25) is 0 Å². The van der Waals surface area contributed by atoms with Crippen LogP contribution in [0.25, 0.3) is 0 Å². The lowest BCUT2D eigenvalue weighted by atomic mass is 10.2. The summed E-state index contributed by atoms with van der Waals surface area (Å²) >= 11 is 5.16. The summed E-state index contributed by atoms with van der Waals surface area (Å²) in [5, 5.41) is 12.3. The van der Waals surface area contributed by atoms with E-state index in [0.29, 0.717) is 11.6 Å². The van der Waals surface area contributed by atoms with Crippen molar-refractivity contribution >= 4 is 33.4 Å². The van der Waals surface area contributed by atoms with E-state index in [1.54, 1.807) is 11.8 Å². The van der Waals surface area contributed by atoms with E-state index < -0.39 is 0 Å². The van der Waals surface area contributed by atoms with E-state index in [1.807, 2.05) is 18.2 Å². The van der Waals surface area contributed by atoms with Crippen LogP contribution in [0.5, 0.6) is 0 Å². The number of nitriles is 1. The van der Waals surface area contributed by atoms with Gasteiger partial charge in [-0.25, -0.2) is 0 Å². The largest absolute Gasteiger partial charge is 0.381 e. The summed E-state index contributed by atoms with van der Waals surface area (Å²) in [7, 11) is 0. The Hall–Kier alpha value is -0.660. The molecule has 1 aromatic carbocycles. The molecule has 0 aromatic heterocycles. The van der Waals surface area contributed by atoms with Gasteiger partial charge in [-0.3, -0.25) is 0 Å². The zero-order valence-electron chi connectivity index (χ0n) is 8.75. The summed E-state index contributed by atoms with van der Waals surface area (Å²) in [5.74, 6) is 1.03. The predicted molar refractivity (Wildman–Crippen MR) is 70.3 cm³/mol. The van der Waals surface area contributed by atoms with E-state index in [1.165, 1.54) is 0 Å². The molecule has 0 spiro atoms. The molecule has 15 heavy (non-hydrogen) atoms. The van der Waals surface area contributed by atoms with Gasteiger partial charge >= 0.3 is 0 Å². The van der Waals surface area contributed by atoms with Crippen molar-refractivity contribution in [1.82, 2.24) is 0 Å². The summed E-state index contributed by atoms with van der Waals surface area (Å²) in [6.45, 7) is 2.11. The van der Waals surface area contributed by atoms with E-state index in [-0.39, 0.29) is 0 Å². The van der Waals surface area contributed by atoms with Crippen LogP contribution in [-0.4, -0.2) is 18.1 Å². The molecule has 0 fully saturated rings. The summed E-state index contributed by atoms with van der Waals surface area (Å²) in [5.41, 5.74) is 1.57. The first-order valence-corrected chi connectivity index (χ1v) is 6.81. The molecule has 1 atom stereocenters. The lowest BCUT2D eigenvalue weighted by Crippen LogP contribution is -2.18. The van der Waals surface area contributed by atoms with Crippen molar-refractivity contribution in [2.24, 2.45) is 0 Å². The molecule has 0 saturated heterocycles. The van der Waals surface area contributed by atoms with E-state index in [4.69, 9.17) is 5.26 Å². The minimum absolute atomic E-state index is 0.362. The average molecular weight is 285 g/mol. The van der Waals surface area contributed by atoms with E-state index in [9.17, 15) is 0 Å². The first-order chi connectivity index (χ1) is 7.19. The Bertz CT molecular complexity index is 373. The zero-order valence-corrected chi connectivity index (χ0v) is 11.2. The lowest BCUT2D eigenvalue weighted by Gasteiger charge is -2.15. The van der Waals surface area contributed by atoms with Gasteiger partial charge in [0, 0.05) is 16.3 Å². The lowest BCUT2D eigenvalue weighted by molar-refractivity contribution is 0.913. The third kappa shape index (κ3) is 3.44. The summed E-state index contributed by atoms with van der Waals surface area (Å²) < 4.78 is 0.839. The highest BCUT2D eigenvalue weighted by atomic mass is 79.9. The Kier molecular flexibility index (Phi) is 5.00. The molecule has 1 rings (SSSR count). The van der Waals surface area contributed by atoms with Crippen molar-refractivity contribution in [2.45, 2.75) is 13.0 Å². The number of nitrogens with one attached hydrogen (secondary N) is 1. The molecule has 2 nitrogen and oxygen atoms in total. The SMILES string of the molecule is CSCC(C)Nc1cccc(Br)c1C#N. The van der Waals surface area contributed by atoms with Crippen molar-refractivity contribution in [3.8, 4) is 6.07 Å². The smallest absolute Gasteiger partial charge is 0.103 e. The van der Waals surface area contributed by atoms with Gasteiger partial charge in [0.05, 0.1) is 11.3 Å². The maximum absolute atomic E-state index is 9.02. The highest BCUT2D eigenvalue weighted by molar-refractivity contribution is 9.10. The van der Waals surface area contributed by atoms with E-state index >= 15 is 0 Å². The van der Waals surface area contributed by atoms with Crippen molar-refractivity contribution in [3.05, 3.63) is 28.2 Å². The minimum Gasteiger partial charge on any atom is -0.381 e. The van der Waals surface area contributed by atoms with Crippen LogP contribution in [0.1, 0.15) is 12.5 Å². The highest BCUT2D eigenvalue weighted by Crippen LogP contribution is 2.24. The fourth-order valence-electron chi connectivity index (χ4n) is 1.32. The van der Waals surface area contributed by atoms with Crippen LogP contribution in [0.2, 0.25) is 0 Å². The van der Waals surface area contributed by atoms with Crippen LogP contribution in [0.4, 0.5) is 5.69 Å². The number of benzene rings is 1. The highest BCUT2D eigenvalue weighted by Gasteiger charge is 2.08. The second kappa shape index (κ2) is 6.04. The summed E-state index contributed by atoms with van der Waals surface area (Å²) in [6, 6.07) is 8.30. The molecule has 1 aromatic rings. The zero-order chi connectivity index (χ0) is 11.3. The Morgan fingerprint density at radius 3 is 2.93 bits per heavy atom. The number of thioether (sulfide) groups is 1. The van der Waals surface area contributed by atoms with E-state index in [2.05, 4.69) is 40.5 Å². The molecule has 0 bridgehead atoms. The molecule has 1 unspecified atom stereocenters. The van der Waals surface area contributed by atoms with Crippen molar-refractivity contribution in [3.63, 3.8) is 0 Å². The third-order valence-electron chi connectivity index (χ3n) is 1.94. The van der Waals surface area contributed by atoms with Crippen LogP contribution in [0, 0.1) is 11.3 Å². The molecule has 0 radical (unpaired) electrons. The molecule has 1 N–H and O–H groups in total. The van der Waals surface area contributed by atoms with Crippen LogP contribution in [0.15, 0.2) is 22.7 Å². The monoisotopic (exact) mass is 284 g/mol. The number of hydrogen-bond acceptors (Lipinski definition) is 3. The summed E-state index contributed by atoms with van der Waals surface area (Å²) in [6.07, 6.45) is 2.07. The minimum atomic E-state index is 0.362. The van der Waals surface area contributed by atoms with Gasteiger partial charge in [-0.1, -0.05) is 6.07 Å². The standard InChI is InChI=1S/C11H13BrN2S/c1-8(7-15-2)14-11-5-3-4-10(12)9(11)6-13/h3-5,8,14H,7H2,1-2H3. The normalized spacial score (nSPS) is 11.9. The molecule has 0 aliphatic heterocycles. The van der Waals surface area contributed by atoms with Crippen LogP contribution < -0.4 is 5.32 Å². The van der Waals surface area contributed by atoms with Crippen molar-refractivity contribution in [1.29, 1.82) is 5.26 Å². The molecular weight excluding hydrogens is 272 g/mol. The Morgan fingerprint density at radius 2 is 2.33 bits per heavy atom. The Balaban J connectivity index is 2.86. The van der Waals surface area contributed by atoms with Gasteiger partial charge in [-0.05, 0) is 41.2 Å². The number of halogens is 1. The molecular formula is C11H13BrN2S. The maximum Gasteiger partial charge on any atom is 0.103 e. The molecule has 0 aliphatic carbocycles. The molecule has 0 amide bonds. The van der Waals surface area contributed by atoms with Crippen molar-refractivity contribution < 1.29 is 0 Å². The second-order valence-electron chi connectivity index (χ2n) is 3.27. The Morgan fingerprint density at radius 1 is 1.60 bits per heavy atom. The quantitative estimate of drug-likeness (QED) is 0.920. The third-order valence-corrected chi connectivity index (χ3v) is 3.44. The van der Waals surface area contributed by atoms with E-state index in [0.717, 1.165) is 15.9 Å². The number of rotatable bonds is 4. The first kappa shape index (κ1) is 12.4. The van der Waals surface area contributed by atoms with Gasteiger partial charge in [-0.15, -0.1) is 0 Å². The molecule has 4 heteroatoms. The fourth-order valence-corrected chi connectivity index (χ4v) is 2.35. The van der Waals surface area contributed by atoms with Gasteiger partial charge in [-0.2, -0.15) is 17.0 Å².